The fraction of sp³-hybridized carbons (Fsp3) is 0.517. The van der Waals surface area contributed by atoms with Crippen molar-refractivity contribution < 1.29 is 19.1 Å². The van der Waals surface area contributed by atoms with Crippen molar-refractivity contribution in [3.63, 3.8) is 0 Å². The predicted octanol–water partition coefficient (Wildman–Crippen LogP) is 5.11. The highest BCUT2D eigenvalue weighted by atomic mass is 16.5. The maximum atomic E-state index is 14.4. The molecule has 0 saturated carbocycles. The first kappa shape index (κ1) is 23.7. The summed E-state index contributed by atoms with van der Waals surface area (Å²) in [6.45, 7) is 8.53. The number of piperidine rings is 1. The van der Waals surface area contributed by atoms with Gasteiger partial charge in [0.1, 0.15) is 0 Å². The van der Waals surface area contributed by atoms with Crippen LogP contribution in [0.2, 0.25) is 0 Å². The summed E-state index contributed by atoms with van der Waals surface area (Å²) < 4.78 is 11.8. The van der Waals surface area contributed by atoms with Gasteiger partial charge >= 0.3 is 0 Å². The van der Waals surface area contributed by atoms with Gasteiger partial charge in [0.2, 0.25) is 5.91 Å². The molecule has 0 bridgehead atoms. The Hall–Kier alpha value is -3.02. The summed E-state index contributed by atoms with van der Waals surface area (Å²) in [6.07, 6.45) is 4.93. The molecule has 6 heteroatoms. The monoisotopic (exact) mass is 476 g/mol. The Morgan fingerprint density at radius 1 is 0.971 bits per heavy atom. The highest BCUT2D eigenvalue weighted by Crippen LogP contribution is 2.49. The first-order chi connectivity index (χ1) is 17.1. The molecule has 1 saturated heterocycles. The van der Waals surface area contributed by atoms with Crippen LogP contribution in [0.3, 0.4) is 0 Å². The Kier molecular flexibility index (Phi) is 6.72. The maximum Gasteiger partial charge on any atom is 0.254 e. The second-order valence-electron chi connectivity index (χ2n) is 9.71. The maximum absolute atomic E-state index is 14.4. The number of ether oxygens (including phenoxy) is 2. The number of fused-ring (bicyclic) bond motifs is 4. The Balaban J connectivity index is 1.66. The van der Waals surface area contributed by atoms with Gasteiger partial charge in [0.25, 0.3) is 5.91 Å². The molecule has 2 aromatic carbocycles. The van der Waals surface area contributed by atoms with E-state index in [1.165, 1.54) is 6.42 Å². The average molecular weight is 477 g/mol. The first-order valence-electron chi connectivity index (χ1n) is 13.2. The standard InChI is InChI=1S/C29H36N2O4/c1-4-20-11-9-10-15-30(20)29(33)26-21-12-7-8-13-22(21)28(32)31-16-14-19-17-24(34-5-2)25(35-6-3)18-23(19)27(26)31/h7-8,12-13,17-18,20,26-27H,4-6,9-11,14-16H2,1-3H3/t20-,26-,27-/m1/s1. The summed E-state index contributed by atoms with van der Waals surface area (Å²) in [5.41, 5.74) is 3.65. The zero-order chi connectivity index (χ0) is 24.5. The van der Waals surface area contributed by atoms with Gasteiger partial charge in [-0.25, -0.2) is 0 Å². The molecule has 0 aliphatic carbocycles. The van der Waals surface area contributed by atoms with Crippen LogP contribution in [0.5, 0.6) is 11.5 Å². The van der Waals surface area contributed by atoms with Gasteiger partial charge in [0.05, 0.1) is 25.2 Å². The number of amides is 2. The molecule has 3 heterocycles. The number of benzene rings is 2. The van der Waals surface area contributed by atoms with E-state index < -0.39 is 5.92 Å². The van der Waals surface area contributed by atoms with E-state index in [2.05, 4.69) is 17.9 Å². The van der Waals surface area contributed by atoms with Crippen molar-refractivity contribution in [1.82, 2.24) is 9.80 Å². The molecule has 2 aromatic rings. The van der Waals surface area contributed by atoms with Crippen molar-refractivity contribution in [2.75, 3.05) is 26.3 Å². The van der Waals surface area contributed by atoms with Crippen LogP contribution in [0.15, 0.2) is 36.4 Å². The Bertz CT molecular complexity index is 1110. The largest absolute Gasteiger partial charge is 0.490 e. The van der Waals surface area contributed by atoms with Crippen LogP contribution in [-0.4, -0.2) is 54.0 Å². The van der Waals surface area contributed by atoms with Gasteiger partial charge in [-0.1, -0.05) is 25.1 Å². The molecular formula is C29H36N2O4. The van der Waals surface area contributed by atoms with E-state index in [0.29, 0.717) is 31.1 Å². The lowest BCUT2D eigenvalue weighted by atomic mass is 9.75. The van der Waals surface area contributed by atoms with E-state index in [1.807, 2.05) is 49.1 Å². The lowest BCUT2D eigenvalue weighted by Crippen LogP contribution is -2.53. The molecule has 0 N–H and O–H groups in total. The third-order valence-electron chi connectivity index (χ3n) is 7.83. The summed E-state index contributed by atoms with van der Waals surface area (Å²) in [6, 6.07) is 11.7. The molecule has 3 aliphatic heterocycles. The summed E-state index contributed by atoms with van der Waals surface area (Å²) in [5.74, 6) is 1.14. The van der Waals surface area contributed by atoms with E-state index in [0.717, 1.165) is 54.7 Å². The molecule has 35 heavy (non-hydrogen) atoms. The van der Waals surface area contributed by atoms with Gasteiger partial charge in [-0.3, -0.25) is 9.59 Å². The van der Waals surface area contributed by atoms with Crippen molar-refractivity contribution in [3.8, 4) is 11.5 Å². The van der Waals surface area contributed by atoms with Crippen LogP contribution in [-0.2, 0) is 11.2 Å². The van der Waals surface area contributed by atoms with E-state index in [-0.39, 0.29) is 23.9 Å². The number of hydrogen-bond acceptors (Lipinski definition) is 4. The molecule has 6 nitrogen and oxygen atoms in total. The second-order valence-corrected chi connectivity index (χ2v) is 9.71. The number of likely N-dealkylation sites (tertiary alicyclic amines) is 1. The molecule has 2 amide bonds. The molecule has 3 atom stereocenters. The lowest BCUT2D eigenvalue weighted by molar-refractivity contribution is -0.138. The highest BCUT2D eigenvalue weighted by molar-refractivity contribution is 6.01. The van der Waals surface area contributed by atoms with Crippen molar-refractivity contribution in [2.45, 2.75) is 70.9 Å². The van der Waals surface area contributed by atoms with E-state index in [4.69, 9.17) is 9.47 Å². The van der Waals surface area contributed by atoms with Gasteiger partial charge in [-0.05, 0) is 80.8 Å². The van der Waals surface area contributed by atoms with Gasteiger partial charge in [0, 0.05) is 24.7 Å². The SMILES string of the molecule is CCOc1cc2c(cc1OCC)[C@@H]1[C@H](C(=O)N3CCCC[C@H]3CC)c3ccccc3C(=O)N1CC2. The minimum absolute atomic E-state index is 0.0119. The minimum atomic E-state index is -0.428. The van der Waals surface area contributed by atoms with Crippen LogP contribution in [0.4, 0.5) is 0 Å². The number of hydrogen-bond donors (Lipinski definition) is 0. The Morgan fingerprint density at radius 2 is 1.71 bits per heavy atom. The third kappa shape index (κ3) is 4.07. The van der Waals surface area contributed by atoms with Crippen molar-refractivity contribution in [2.24, 2.45) is 0 Å². The van der Waals surface area contributed by atoms with Crippen molar-refractivity contribution in [1.29, 1.82) is 0 Å². The summed E-state index contributed by atoms with van der Waals surface area (Å²) in [7, 11) is 0. The smallest absolute Gasteiger partial charge is 0.254 e. The third-order valence-corrected chi connectivity index (χ3v) is 7.83. The fourth-order valence-corrected chi connectivity index (χ4v) is 6.23. The number of carbonyl (C=O) groups excluding carboxylic acids is 2. The second kappa shape index (κ2) is 9.92. The molecular weight excluding hydrogens is 440 g/mol. The van der Waals surface area contributed by atoms with Crippen LogP contribution in [0.1, 0.15) is 85.5 Å². The highest BCUT2D eigenvalue weighted by Gasteiger charge is 2.48. The molecule has 0 radical (unpaired) electrons. The van der Waals surface area contributed by atoms with Crippen LogP contribution < -0.4 is 9.47 Å². The van der Waals surface area contributed by atoms with Crippen LogP contribution in [0.25, 0.3) is 0 Å². The normalized spacial score (nSPS) is 23.3. The van der Waals surface area contributed by atoms with Crippen LogP contribution in [0, 0.1) is 0 Å². The van der Waals surface area contributed by atoms with Crippen LogP contribution >= 0.6 is 0 Å². The quantitative estimate of drug-likeness (QED) is 0.581. The van der Waals surface area contributed by atoms with E-state index in [9.17, 15) is 9.59 Å². The average Bonchev–Trinajstić information content (AvgIpc) is 2.89. The van der Waals surface area contributed by atoms with Gasteiger partial charge < -0.3 is 19.3 Å². The molecule has 3 aliphatic rings. The first-order valence-corrected chi connectivity index (χ1v) is 13.2. The number of rotatable bonds is 6. The molecule has 0 aromatic heterocycles. The van der Waals surface area contributed by atoms with Crippen molar-refractivity contribution in [3.05, 3.63) is 58.7 Å². The molecule has 0 spiro atoms. The van der Waals surface area contributed by atoms with Crippen molar-refractivity contribution >= 4 is 11.8 Å². The Labute approximate surface area is 208 Å². The van der Waals surface area contributed by atoms with Gasteiger partial charge in [-0.15, -0.1) is 0 Å². The Morgan fingerprint density at radius 3 is 2.46 bits per heavy atom. The molecule has 1 fully saturated rings. The van der Waals surface area contributed by atoms with Gasteiger partial charge in [0.15, 0.2) is 11.5 Å². The zero-order valence-electron chi connectivity index (χ0n) is 21.1. The molecule has 0 unspecified atom stereocenters. The van der Waals surface area contributed by atoms with E-state index in [1.54, 1.807) is 0 Å². The fourth-order valence-electron chi connectivity index (χ4n) is 6.23. The minimum Gasteiger partial charge on any atom is -0.490 e. The summed E-state index contributed by atoms with van der Waals surface area (Å²) in [5, 5.41) is 0. The molecule has 186 valence electrons. The number of nitrogens with zero attached hydrogens (tertiary/aromatic N) is 2. The summed E-state index contributed by atoms with van der Waals surface area (Å²) in [4.78, 5) is 32.0. The summed E-state index contributed by atoms with van der Waals surface area (Å²) >= 11 is 0. The topological polar surface area (TPSA) is 59.1 Å². The molecule has 5 rings (SSSR count). The van der Waals surface area contributed by atoms with Gasteiger partial charge in [-0.2, -0.15) is 0 Å². The number of carbonyl (C=O) groups is 2. The van der Waals surface area contributed by atoms with E-state index >= 15 is 0 Å². The zero-order valence-corrected chi connectivity index (χ0v) is 21.1. The lowest BCUT2D eigenvalue weighted by Gasteiger charge is -2.47. The predicted molar refractivity (Wildman–Crippen MR) is 135 cm³/mol.